The molecule has 1 heterocycles. The molecule has 0 aromatic heterocycles. The highest BCUT2D eigenvalue weighted by molar-refractivity contribution is 5.93. The third-order valence-electron chi connectivity index (χ3n) is 3.16. The molecule has 98 valence electrons. The molecule has 1 aromatic rings. The van der Waals surface area contributed by atoms with Gasteiger partial charge in [0.2, 0.25) is 5.91 Å². The minimum absolute atomic E-state index is 0.0630. The molecule has 0 aliphatic carbocycles. The van der Waals surface area contributed by atoms with Gasteiger partial charge in [0, 0.05) is 18.4 Å². The summed E-state index contributed by atoms with van der Waals surface area (Å²) in [6.45, 7) is 2.55. The van der Waals surface area contributed by atoms with Gasteiger partial charge < -0.3 is 15.2 Å². The highest BCUT2D eigenvalue weighted by Gasteiger charge is 2.32. The van der Waals surface area contributed by atoms with Crippen molar-refractivity contribution in [2.24, 2.45) is 5.92 Å². The number of phenols is 1. The van der Waals surface area contributed by atoms with Crippen LogP contribution in [0.1, 0.15) is 19.8 Å². The second-order valence-electron chi connectivity index (χ2n) is 4.37. The number of hydrogen-bond donors (Lipinski definition) is 2. The molecule has 2 N–H and O–H groups in total. The summed E-state index contributed by atoms with van der Waals surface area (Å²) in [7, 11) is 0. The summed E-state index contributed by atoms with van der Waals surface area (Å²) >= 11 is 0. The molecule has 1 aromatic carbocycles. The van der Waals surface area contributed by atoms with Gasteiger partial charge in [-0.2, -0.15) is 0 Å². The van der Waals surface area contributed by atoms with Crippen molar-refractivity contribution < 1.29 is 19.0 Å². The molecule has 1 aliphatic heterocycles. The Morgan fingerprint density at radius 1 is 1.61 bits per heavy atom. The number of nitrogens with one attached hydrogen (secondary N) is 1. The van der Waals surface area contributed by atoms with E-state index < -0.39 is 11.6 Å². The second kappa shape index (κ2) is 5.35. The van der Waals surface area contributed by atoms with Gasteiger partial charge in [-0.1, -0.05) is 6.92 Å². The van der Waals surface area contributed by atoms with Gasteiger partial charge in [-0.05, 0) is 25.0 Å². The predicted molar refractivity (Wildman–Crippen MR) is 64.8 cm³/mol. The van der Waals surface area contributed by atoms with E-state index in [1.807, 2.05) is 6.92 Å². The lowest BCUT2D eigenvalue weighted by molar-refractivity contribution is -0.121. The number of halogens is 1. The highest BCUT2D eigenvalue weighted by Crippen LogP contribution is 2.26. The van der Waals surface area contributed by atoms with E-state index in [0.29, 0.717) is 18.7 Å². The Labute approximate surface area is 105 Å². The molecule has 0 saturated carbocycles. The molecular formula is C13H16FNO3. The van der Waals surface area contributed by atoms with Crippen LogP contribution in [0.15, 0.2) is 18.2 Å². The fraction of sp³-hybridized carbons (Fsp3) is 0.462. The van der Waals surface area contributed by atoms with Crippen molar-refractivity contribution in [2.75, 3.05) is 11.9 Å². The second-order valence-corrected chi connectivity index (χ2v) is 4.37. The topological polar surface area (TPSA) is 58.6 Å². The maximum atomic E-state index is 13.1. The van der Waals surface area contributed by atoms with Gasteiger partial charge in [0.1, 0.15) is 0 Å². The zero-order valence-electron chi connectivity index (χ0n) is 10.1. The van der Waals surface area contributed by atoms with Crippen molar-refractivity contribution in [1.29, 1.82) is 0 Å². The van der Waals surface area contributed by atoms with E-state index >= 15 is 0 Å². The van der Waals surface area contributed by atoms with Gasteiger partial charge >= 0.3 is 0 Å². The quantitative estimate of drug-likeness (QED) is 0.812. The van der Waals surface area contributed by atoms with Gasteiger partial charge in [-0.15, -0.1) is 0 Å². The molecule has 1 aliphatic rings. The number of benzene rings is 1. The number of ether oxygens (including phenoxy) is 1. The van der Waals surface area contributed by atoms with Crippen LogP contribution < -0.4 is 5.32 Å². The van der Waals surface area contributed by atoms with Crippen molar-refractivity contribution in [2.45, 2.75) is 25.9 Å². The van der Waals surface area contributed by atoms with Crippen LogP contribution in [-0.4, -0.2) is 23.7 Å². The van der Waals surface area contributed by atoms with Crippen LogP contribution in [0.2, 0.25) is 0 Å². The number of phenolic OH excluding ortho intramolecular Hbond substituents is 1. The lowest BCUT2D eigenvalue weighted by Crippen LogP contribution is -2.29. The summed E-state index contributed by atoms with van der Waals surface area (Å²) in [6.07, 6.45) is 1.40. The van der Waals surface area contributed by atoms with E-state index in [-0.39, 0.29) is 17.9 Å². The van der Waals surface area contributed by atoms with Crippen LogP contribution in [0, 0.1) is 11.7 Å². The zero-order valence-corrected chi connectivity index (χ0v) is 10.1. The minimum atomic E-state index is -0.748. The molecular weight excluding hydrogens is 237 g/mol. The lowest BCUT2D eigenvalue weighted by Gasteiger charge is -2.16. The SMILES string of the molecule is CCC1OCCC1C(=O)Nc1ccc(O)c(F)c1. The summed E-state index contributed by atoms with van der Waals surface area (Å²) in [6, 6.07) is 3.78. The molecule has 1 amide bonds. The highest BCUT2D eigenvalue weighted by atomic mass is 19.1. The zero-order chi connectivity index (χ0) is 13.1. The van der Waals surface area contributed by atoms with Crippen LogP contribution >= 0.6 is 0 Å². The summed E-state index contributed by atoms with van der Waals surface area (Å²) in [5.74, 6) is -1.53. The smallest absolute Gasteiger partial charge is 0.230 e. The molecule has 0 bridgehead atoms. The fourth-order valence-electron chi connectivity index (χ4n) is 2.17. The Morgan fingerprint density at radius 2 is 2.39 bits per heavy atom. The number of carbonyl (C=O) groups is 1. The monoisotopic (exact) mass is 253 g/mol. The van der Waals surface area contributed by atoms with Gasteiger partial charge in [-0.25, -0.2) is 4.39 Å². The third-order valence-corrected chi connectivity index (χ3v) is 3.16. The Bertz CT molecular complexity index is 450. The standard InChI is InChI=1S/C13H16FNO3/c1-2-12-9(5-6-18-12)13(17)15-8-3-4-11(16)10(14)7-8/h3-4,7,9,12,16H,2,5-6H2,1H3,(H,15,17). The van der Waals surface area contributed by atoms with Crippen LogP contribution in [0.3, 0.4) is 0 Å². The Kier molecular flexibility index (Phi) is 3.81. The van der Waals surface area contributed by atoms with E-state index in [4.69, 9.17) is 9.84 Å². The normalized spacial score (nSPS) is 23.0. The van der Waals surface area contributed by atoms with Crippen molar-refractivity contribution in [3.05, 3.63) is 24.0 Å². The molecule has 1 saturated heterocycles. The number of anilines is 1. The summed E-state index contributed by atoms with van der Waals surface area (Å²) < 4.78 is 18.6. The molecule has 2 unspecified atom stereocenters. The minimum Gasteiger partial charge on any atom is -0.505 e. The fourth-order valence-corrected chi connectivity index (χ4v) is 2.17. The first kappa shape index (κ1) is 12.8. The molecule has 0 spiro atoms. The van der Waals surface area contributed by atoms with Crippen molar-refractivity contribution in [3.8, 4) is 5.75 Å². The molecule has 5 heteroatoms. The molecule has 0 radical (unpaired) electrons. The largest absolute Gasteiger partial charge is 0.505 e. The number of hydrogen-bond acceptors (Lipinski definition) is 3. The van der Waals surface area contributed by atoms with Crippen molar-refractivity contribution >= 4 is 11.6 Å². The number of aromatic hydroxyl groups is 1. The molecule has 2 atom stereocenters. The first-order valence-electron chi connectivity index (χ1n) is 6.02. The first-order valence-corrected chi connectivity index (χ1v) is 6.02. The van der Waals surface area contributed by atoms with Crippen molar-refractivity contribution in [3.63, 3.8) is 0 Å². The van der Waals surface area contributed by atoms with Gasteiger partial charge in [0.25, 0.3) is 0 Å². The Balaban J connectivity index is 2.04. The average molecular weight is 253 g/mol. The number of carbonyl (C=O) groups excluding carboxylic acids is 1. The predicted octanol–water partition coefficient (Wildman–Crippen LogP) is 2.28. The van der Waals surface area contributed by atoms with E-state index in [1.54, 1.807) is 0 Å². The van der Waals surface area contributed by atoms with Crippen molar-refractivity contribution in [1.82, 2.24) is 0 Å². The maximum Gasteiger partial charge on any atom is 0.230 e. The van der Waals surface area contributed by atoms with Gasteiger partial charge in [-0.3, -0.25) is 4.79 Å². The van der Waals surface area contributed by atoms with Crippen LogP contribution in [0.4, 0.5) is 10.1 Å². The lowest BCUT2D eigenvalue weighted by atomic mass is 9.98. The molecule has 1 fully saturated rings. The van der Waals surface area contributed by atoms with E-state index in [9.17, 15) is 9.18 Å². The summed E-state index contributed by atoms with van der Waals surface area (Å²) in [4.78, 5) is 12.0. The van der Waals surface area contributed by atoms with Crippen LogP contribution in [-0.2, 0) is 9.53 Å². The molecule has 4 nitrogen and oxygen atoms in total. The van der Waals surface area contributed by atoms with E-state index in [0.717, 1.165) is 12.5 Å². The maximum absolute atomic E-state index is 13.1. The first-order chi connectivity index (χ1) is 8.61. The molecule has 18 heavy (non-hydrogen) atoms. The Morgan fingerprint density at radius 3 is 3.06 bits per heavy atom. The number of rotatable bonds is 3. The Hall–Kier alpha value is -1.62. The summed E-state index contributed by atoms with van der Waals surface area (Å²) in [5.41, 5.74) is 0.344. The van der Waals surface area contributed by atoms with Gasteiger partial charge in [0.05, 0.1) is 12.0 Å². The van der Waals surface area contributed by atoms with E-state index in [1.165, 1.54) is 12.1 Å². The summed E-state index contributed by atoms with van der Waals surface area (Å²) in [5, 5.41) is 11.7. The van der Waals surface area contributed by atoms with Gasteiger partial charge in [0.15, 0.2) is 11.6 Å². The average Bonchev–Trinajstić information content (AvgIpc) is 2.82. The number of amides is 1. The van der Waals surface area contributed by atoms with Crippen LogP contribution in [0.5, 0.6) is 5.75 Å². The van der Waals surface area contributed by atoms with E-state index in [2.05, 4.69) is 5.32 Å². The third kappa shape index (κ3) is 2.61. The van der Waals surface area contributed by atoms with Crippen LogP contribution in [0.25, 0.3) is 0 Å². The molecule has 2 rings (SSSR count).